The van der Waals surface area contributed by atoms with Crippen LogP contribution < -0.4 is 19.9 Å². The zero-order chi connectivity index (χ0) is 22.1. The summed E-state index contributed by atoms with van der Waals surface area (Å²) in [6.45, 7) is 0. The summed E-state index contributed by atoms with van der Waals surface area (Å²) in [5.41, 5.74) is 8.73. The largest absolute Gasteiger partial charge is 0.493 e. The number of fused-ring (bicyclic) bond motifs is 3. The summed E-state index contributed by atoms with van der Waals surface area (Å²) < 4.78 is 16.7. The number of hydrogen-bond donors (Lipinski definition) is 1. The molecule has 5 aromatic rings. The average Bonchev–Trinajstić information content (AvgIpc) is 2.83. The van der Waals surface area contributed by atoms with E-state index in [9.17, 15) is 0 Å². The van der Waals surface area contributed by atoms with E-state index < -0.39 is 0 Å². The molecule has 5 rings (SSSR count). The van der Waals surface area contributed by atoms with Crippen LogP contribution in [0.1, 0.15) is 0 Å². The Bertz CT molecular complexity index is 1460. The van der Waals surface area contributed by atoms with Crippen molar-refractivity contribution < 1.29 is 14.2 Å². The predicted molar refractivity (Wildman–Crippen MR) is 122 cm³/mol. The second-order valence-electron chi connectivity index (χ2n) is 7.08. The summed E-state index contributed by atoms with van der Waals surface area (Å²) in [5, 5.41) is 2.84. The first kappa shape index (κ1) is 19.5. The molecule has 32 heavy (non-hydrogen) atoms. The van der Waals surface area contributed by atoms with Crippen molar-refractivity contribution in [2.75, 3.05) is 20.0 Å². The van der Waals surface area contributed by atoms with Crippen LogP contribution in [0.25, 0.3) is 32.9 Å². The van der Waals surface area contributed by atoms with Gasteiger partial charge in [0.05, 0.1) is 31.6 Å². The van der Waals surface area contributed by atoms with Crippen LogP contribution in [0.5, 0.6) is 23.1 Å². The van der Waals surface area contributed by atoms with Crippen LogP contribution in [0.2, 0.25) is 0 Å². The summed E-state index contributed by atoms with van der Waals surface area (Å²) in [6.07, 6.45) is 8.53. The van der Waals surface area contributed by atoms with Crippen LogP contribution in [0.3, 0.4) is 0 Å². The van der Waals surface area contributed by atoms with Crippen LogP contribution in [0.4, 0.5) is 5.69 Å². The zero-order valence-electron chi connectivity index (χ0n) is 17.4. The number of nitrogen functional groups attached to an aromatic ring is 1. The van der Waals surface area contributed by atoms with Crippen molar-refractivity contribution in [2.24, 2.45) is 0 Å². The van der Waals surface area contributed by atoms with E-state index in [1.807, 2.05) is 24.3 Å². The number of ether oxygens (including phenoxy) is 3. The van der Waals surface area contributed by atoms with Gasteiger partial charge in [0.2, 0.25) is 5.88 Å². The van der Waals surface area contributed by atoms with Crippen LogP contribution in [-0.4, -0.2) is 34.2 Å². The van der Waals surface area contributed by atoms with Gasteiger partial charge < -0.3 is 19.9 Å². The van der Waals surface area contributed by atoms with Gasteiger partial charge in [0.15, 0.2) is 11.5 Å². The van der Waals surface area contributed by atoms with Crippen LogP contribution >= 0.6 is 0 Å². The first-order valence-corrected chi connectivity index (χ1v) is 9.80. The van der Waals surface area contributed by atoms with Gasteiger partial charge in [-0.25, -0.2) is 4.98 Å². The van der Waals surface area contributed by atoms with Crippen molar-refractivity contribution in [2.45, 2.75) is 0 Å². The molecule has 0 amide bonds. The number of methoxy groups -OCH3 is 2. The second-order valence-corrected chi connectivity index (χ2v) is 7.08. The van der Waals surface area contributed by atoms with Gasteiger partial charge in [0.25, 0.3) is 0 Å². The highest BCUT2D eigenvalue weighted by Crippen LogP contribution is 2.35. The monoisotopic (exact) mass is 425 g/mol. The van der Waals surface area contributed by atoms with Gasteiger partial charge in [-0.2, -0.15) is 0 Å². The number of benzene rings is 1. The van der Waals surface area contributed by atoms with Crippen molar-refractivity contribution >= 4 is 27.4 Å². The molecule has 0 saturated carbocycles. The van der Waals surface area contributed by atoms with Gasteiger partial charge in [0.1, 0.15) is 5.75 Å². The van der Waals surface area contributed by atoms with Gasteiger partial charge in [-0.1, -0.05) is 0 Å². The summed E-state index contributed by atoms with van der Waals surface area (Å²) in [5.74, 6) is 2.20. The first-order valence-electron chi connectivity index (χ1n) is 9.80. The quantitative estimate of drug-likeness (QED) is 0.406. The average molecular weight is 425 g/mol. The van der Waals surface area contributed by atoms with E-state index in [1.54, 1.807) is 57.3 Å². The highest BCUT2D eigenvalue weighted by atomic mass is 16.5. The molecule has 0 fully saturated rings. The van der Waals surface area contributed by atoms with Crippen LogP contribution in [-0.2, 0) is 0 Å². The number of pyridine rings is 4. The van der Waals surface area contributed by atoms with E-state index in [4.69, 9.17) is 19.9 Å². The number of hydrogen-bond acceptors (Lipinski definition) is 8. The number of aromatic nitrogens is 4. The van der Waals surface area contributed by atoms with E-state index in [2.05, 4.69) is 19.9 Å². The minimum atomic E-state index is 0.397. The fraction of sp³-hybridized carbons (Fsp3) is 0.0833. The fourth-order valence-corrected chi connectivity index (χ4v) is 3.51. The Morgan fingerprint density at radius 3 is 2.41 bits per heavy atom. The van der Waals surface area contributed by atoms with Crippen LogP contribution in [0.15, 0.2) is 67.4 Å². The molecule has 0 aliphatic rings. The SMILES string of the molecule is COc1cc2ncc3cnc(-c4cncc(Oc5cc(N)ccn5)c4)cc3c2cc1OC. The van der Waals surface area contributed by atoms with Gasteiger partial charge in [-0.05, 0) is 29.7 Å². The molecule has 0 atom stereocenters. The van der Waals surface area contributed by atoms with E-state index >= 15 is 0 Å². The molecule has 4 aromatic heterocycles. The lowest BCUT2D eigenvalue weighted by molar-refractivity contribution is 0.356. The standard InChI is InChI=1S/C24H19N5O3/c1-30-22-8-19-18-7-20(28-11-15(18)12-29-21(19)9-23(22)31-2)14-5-17(13-26-10-14)32-24-6-16(25)3-4-27-24/h3-13H,1-2H3,(H2,25,27). The lowest BCUT2D eigenvalue weighted by atomic mass is 10.0. The Kier molecular flexibility index (Phi) is 4.87. The first-order chi connectivity index (χ1) is 15.6. The molecule has 0 unspecified atom stereocenters. The third-order valence-corrected chi connectivity index (χ3v) is 5.06. The fourth-order valence-electron chi connectivity index (χ4n) is 3.51. The third-order valence-electron chi connectivity index (χ3n) is 5.06. The lowest BCUT2D eigenvalue weighted by Gasteiger charge is -2.11. The Morgan fingerprint density at radius 1 is 0.781 bits per heavy atom. The maximum absolute atomic E-state index is 5.81. The van der Waals surface area contributed by atoms with Gasteiger partial charge in [-0.15, -0.1) is 0 Å². The Morgan fingerprint density at radius 2 is 1.59 bits per heavy atom. The molecule has 158 valence electrons. The molecule has 0 bridgehead atoms. The maximum Gasteiger partial charge on any atom is 0.221 e. The van der Waals surface area contributed by atoms with E-state index in [1.165, 1.54) is 0 Å². The maximum atomic E-state index is 5.81. The summed E-state index contributed by atoms with van der Waals surface area (Å²) in [7, 11) is 3.22. The van der Waals surface area contributed by atoms with Crippen LogP contribution in [0, 0.1) is 0 Å². The zero-order valence-corrected chi connectivity index (χ0v) is 17.4. The molecule has 0 aliphatic carbocycles. The molecule has 0 radical (unpaired) electrons. The second kappa shape index (κ2) is 7.99. The molecule has 4 heterocycles. The molecule has 0 saturated heterocycles. The molecule has 8 nitrogen and oxygen atoms in total. The van der Waals surface area contributed by atoms with E-state index in [0.29, 0.717) is 28.8 Å². The highest BCUT2D eigenvalue weighted by molar-refractivity contribution is 6.07. The normalized spacial score (nSPS) is 10.9. The van der Waals surface area contributed by atoms with Crippen molar-refractivity contribution in [3.63, 3.8) is 0 Å². The van der Waals surface area contributed by atoms with Gasteiger partial charge in [0, 0.05) is 58.9 Å². The summed E-state index contributed by atoms with van der Waals surface area (Å²) in [4.78, 5) is 17.6. The molecule has 8 heteroatoms. The smallest absolute Gasteiger partial charge is 0.221 e. The Labute approximate surface area is 183 Å². The van der Waals surface area contributed by atoms with Gasteiger partial charge in [-0.3, -0.25) is 15.0 Å². The Balaban J connectivity index is 1.59. The number of nitrogens with zero attached hydrogens (tertiary/aromatic N) is 4. The van der Waals surface area contributed by atoms with Crippen molar-refractivity contribution in [3.8, 4) is 34.4 Å². The number of anilines is 1. The van der Waals surface area contributed by atoms with E-state index in [-0.39, 0.29) is 0 Å². The number of rotatable bonds is 5. The molecule has 0 aliphatic heterocycles. The molecular weight excluding hydrogens is 406 g/mol. The molecular formula is C24H19N5O3. The lowest BCUT2D eigenvalue weighted by Crippen LogP contribution is -1.94. The summed E-state index contributed by atoms with van der Waals surface area (Å²) in [6, 6.07) is 11.0. The third kappa shape index (κ3) is 3.58. The van der Waals surface area contributed by atoms with Crippen molar-refractivity contribution in [3.05, 3.63) is 67.4 Å². The number of nitrogens with two attached hydrogens (primary N) is 1. The van der Waals surface area contributed by atoms with E-state index in [0.717, 1.165) is 32.9 Å². The predicted octanol–water partition coefficient (Wildman–Crippen LogP) is 4.63. The minimum Gasteiger partial charge on any atom is -0.493 e. The molecule has 0 spiro atoms. The highest BCUT2D eigenvalue weighted by Gasteiger charge is 2.12. The summed E-state index contributed by atoms with van der Waals surface area (Å²) >= 11 is 0. The topological polar surface area (TPSA) is 105 Å². The van der Waals surface area contributed by atoms with Crippen molar-refractivity contribution in [1.82, 2.24) is 19.9 Å². The minimum absolute atomic E-state index is 0.397. The molecule has 1 aromatic carbocycles. The molecule has 2 N–H and O–H groups in total. The van der Waals surface area contributed by atoms with Gasteiger partial charge >= 0.3 is 0 Å². The van der Waals surface area contributed by atoms with Crippen molar-refractivity contribution in [1.29, 1.82) is 0 Å². The Hall–Kier alpha value is -4.46.